The molecule has 1 aromatic carbocycles. The van der Waals surface area contributed by atoms with Crippen molar-refractivity contribution in [3.8, 4) is 0 Å². The van der Waals surface area contributed by atoms with Gasteiger partial charge in [-0.3, -0.25) is 9.69 Å². The summed E-state index contributed by atoms with van der Waals surface area (Å²) in [4.78, 5) is 26.4. The minimum absolute atomic E-state index is 0.0947. The Labute approximate surface area is 178 Å². The molecule has 0 unspecified atom stereocenters. The zero-order valence-corrected chi connectivity index (χ0v) is 18.5. The molecule has 0 atom stereocenters. The molecule has 0 radical (unpaired) electrons. The van der Waals surface area contributed by atoms with Gasteiger partial charge in [0.05, 0.1) is 12.0 Å². The molecule has 1 amide bonds. The van der Waals surface area contributed by atoms with Gasteiger partial charge in [0, 0.05) is 32.0 Å². The van der Waals surface area contributed by atoms with Crippen molar-refractivity contribution in [3.05, 3.63) is 57.9 Å². The van der Waals surface area contributed by atoms with Crippen LogP contribution in [0.5, 0.6) is 0 Å². The Morgan fingerprint density at radius 2 is 1.83 bits per heavy atom. The zero-order chi connectivity index (χ0) is 21.8. The van der Waals surface area contributed by atoms with E-state index in [0.29, 0.717) is 23.7 Å². The molecular formula is C24H33N3O3. The van der Waals surface area contributed by atoms with Crippen molar-refractivity contribution >= 4 is 11.9 Å². The minimum Gasteiger partial charge on any atom is -0.478 e. The number of aromatic nitrogens is 1. The van der Waals surface area contributed by atoms with Crippen molar-refractivity contribution in [3.63, 3.8) is 0 Å². The maximum absolute atomic E-state index is 12.4. The van der Waals surface area contributed by atoms with E-state index in [1.165, 1.54) is 16.7 Å². The van der Waals surface area contributed by atoms with Gasteiger partial charge in [-0.15, -0.1) is 0 Å². The van der Waals surface area contributed by atoms with Crippen molar-refractivity contribution in [2.24, 2.45) is 13.0 Å². The molecule has 2 heterocycles. The molecular weight excluding hydrogens is 378 g/mol. The van der Waals surface area contributed by atoms with E-state index in [0.717, 1.165) is 32.5 Å². The Balaban J connectivity index is 1.46. The minimum atomic E-state index is -0.980. The summed E-state index contributed by atoms with van der Waals surface area (Å²) in [6.07, 6.45) is 3.98. The highest BCUT2D eigenvalue weighted by atomic mass is 16.4. The fourth-order valence-electron chi connectivity index (χ4n) is 4.38. The largest absolute Gasteiger partial charge is 0.478 e. The summed E-state index contributed by atoms with van der Waals surface area (Å²) in [6.45, 7) is 9.77. The van der Waals surface area contributed by atoms with Crippen molar-refractivity contribution in [1.29, 1.82) is 0 Å². The fraction of sp³-hybridized carbons (Fsp3) is 0.500. The van der Waals surface area contributed by atoms with Gasteiger partial charge in [0.15, 0.2) is 0 Å². The number of benzene rings is 1. The number of likely N-dealkylation sites (tertiary alicyclic amines) is 1. The molecule has 1 fully saturated rings. The van der Waals surface area contributed by atoms with Crippen LogP contribution in [0.25, 0.3) is 0 Å². The Morgan fingerprint density at radius 3 is 2.50 bits per heavy atom. The molecule has 0 spiro atoms. The average molecular weight is 412 g/mol. The van der Waals surface area contributed by atoms with E-state index in [4.69, 9.17) is 0 Å². The lowest BCUT2D eigenvalue weighted by Gasteiger charge is -2.32. The number of nitrogens with zero attached hydrogens (tertiary/aromatic N) is 2. The van der Waals surface area contributed by atoms with E-state index in [-0.39, 0.29) is 17.9 Å². The van der Waals surface area contributed by atoms with Crippen LogP contribution in [0.4, 0.5) is 0 Å². The molecule has 0 bridgehead atoms. The van der Waals surface area contributed by atoms with Crippen LogP contribution < -0.4 is 5.32 Å². The molecule has 3 rings (SSSR count). The molecule has 1 saturated heterocycles. The van der Waals surface area contributed by atoms with Gasteiger partial charge in [0.2, 0.25) is 5.91 Å². The normalized spacial score (nSPS) is 15.3. The molecule has 30 heavy (non-hydrogen) atoms. The van der Waals surface area contributed by atoms with Gasteiger partial charge >= 0.3 is 5.97 Å². The summed E-state index contributed by atoms with van der Waals surface area (Å²) < 4.78 is 1.74. The number of rotatable bonds is 7. The summed E-state index contributed by atoms with van der Waals surface area (Å²) in [5.41, 5.74) is 5.52. The van der Waals surface area contributed by atoms with Crippen molar-refractivity contribution in [1.82, 2.24) is 14.8 Å². The number of hydrogen-bond acceptors (Lipinski definition) is 3. The SMILES string of the molecule is Cc1ccc(C)c(CN2CCC(CNC(=O)Cc3c(C(=O)O)c(C)cn3C)CC2)c1. The molecule has 0 saturated carbocycles. The number of piperidine rings is 1. The van der Waals surface area contributed by atoms with E-state index in [2.05, 4.69) is 42.3 Å². The van der Waals surface area contributed by atoms with Crippen molar-refractivity contribution < 1.29 is 14.7 Å². The predicted molar refractivity (Wildman–Crippen MR) is 118 cm³/mol. The first kappa shape index (κ1) is 22.1. The highest BCUT2D eigenvalue weighted by molar-refractivity contribution is 5.93. The van der Waals surface area contributed by atoms with E-state index in [1.54, 1.807) is 24.7 Å². The zero-order valence-electron chi connectivity index (χ0n) is 18.5. The van der Waals surface area contributed by atoms with Gasteiger partial charge < -0.3 is 15.0 Å². The van der Waals surface area contributed by atoms with Crippen LogP contribution in [-0.2, 0) is 24.8 Å². The summed E-state index contributed by atoms with van der Waals surface area (Å²) >= 11 is 0. The number of aromatic carboxylic acids is 1. The second kappa shape index (κ2) is 9.47. The smallest absolute Gasteiger partial charge is 0.337 e. The summed E-state index contributed by atoms with van der Waals surface area (Å²) in [7, 11) is 1.79. The van der Waals surface area contributed by atoms with Gasteiger partial charge in [0.1, 0.15) is 0 Å². The monoisotopic (exact) mass is 411 g/mol. The van der Waals surface area contributed by atoms with E-state index in [1.807, 2.05) is 0 Å². The van der Waals surface area contributed by atoms with E-state index in [9.17, 15) is 14.7 Å². The number of carbonyl (C=O) groups is 2. The number of carbonyl (C=O) groups excluding carboxylic acids is 1. The highest BCUT2D eigenvalue weighted by Crippen LogP contribution is 2.21. The highest BCUT2D eigenvalue weighted by Gasteiger charge is 2.22. The predicted octanol–water partition coefficient (Wildman–Crippen LogP) is 3.22. The number of amides is 1. The Kier molecular flexibility index (Phi) is 6.98. The maximum atomic E-state index is 12.4. The van der Waals surface area contributed by atoms with Crippen LogP contribution in [0, 0.1) is 26.7 Å². The van der Waals surface area contributed by atoms with Crippen LogP contribution >= 0.6 is 0 Å². The van der Waals surface area contributed by atoms with Crippen LogP contribution in [0.3, 0.4) is 0 Å². The number of carboxylic acid groups (broad SMARTS) is 1. The third-order valence-corrected chi connectivity index (χ3v) is 6.23. The van der Waals surface area contributed by atoms with Crippen LogP contribution in [0.1, 0.15) is 51.1 Å². The second-order valence-electron chi connectivity index (χ2n) is 8.68. The summed E-state index contributed by atoms with van der Waals surface area (Å²) in [5, 5.41) is 12.4. The van der Waals surface area contributed by atoms with Gasteiger partial charge in [-0.1, -0.05) is 23.8 Å². The van der Waals surface area contributed by atoms with Crippen LogP contribution in [-0.4, -0.2) is 46.1 Å². The van der Waals surface area contributed by atoms with Crippen molar-refractivity contribution in [2.45, 2.75) is 46.6 Å². The lowest BCUT2D eigenvalue weighted by atomic mass is 9.95. The van der Waals surface area contributed by atoms with E-state index < -0.39 is 5.97 Å². The van der Waals surface area contributed by atoms with Crippen LogP contribution in [0.2, 0.25) is 0 Å². The molecule has 1 aliphatic rings. The number of aryl methyl sites for hydroxylation is 4. The van der Waals surface area contributed by atoms with Gasteiger partial charge in [-0.2, -0.15) is 0 Å². The fourth-order valence-corrected chi connectivity index (χ4v) is 4.38. The lowest BCUT2D eigenvalue weighted by molar-refractivity contribution is -0.120. The summed E-state index contributed by atoms with van der Waals surface area (Å²) in [5.74, 6) is -0.624. The number of hydrogen-bond donors (Lipinski definition) is 2. The Hall–Kier alpha value is -2.60. The maximum Gasteiger partial charge on any atom is 0.337 e. The third-order valence-electron chi connectivity index (χ3n) is 6.23. The molecule has 2 aromatic rings. The topological polar surface area (TPSA) is 74.6 Å². The van der Waals surface area contributed by atoms with Gasteiger partial charge in [-0.05, 0) is 69.3 Å². The number of carboxylic acids is 1. The Bertz CT molecular complexity index is 924. The van der Waals surface area contributed by atoms with Gasteiger partial charge in [0.25, 0.3) is 0 Å². The standard InChI is InChI=1S/C24H33N3O3/c1-16-5-6-17(2)20(11-16)15-27-9-7-19(8-10-27)13-25-22(28)12-21-23(24(29)30)18(3)14-26(21)4/h5-6,11,14,19H,7-10,12-13,15H2,1-4H3,(H,25,28)(H,29,30). The van der Waals surface area contributed by atoms with Crippen molar-refractivity contribution in [2.75, 3.05) is 19.6 Å². The van der Waals surface area contributed by atoms with E-state index >= 15 is 0 Å². The van der Waals surface area contributed by atoms with Crippen LogP contribution in [0.15, 0.2) is 24.4 Å². The molecule has 0 aliphatic carbocycles. The van der Waals surface area contributed by atoms with Gasteiger partial charge in [-0.25, -0.2) is 4.79 Å². The number of nitrogens with one attached hydrogen (secondary N) is 1. The molecule has 2 N–H and O–H groups in total. The first-order valence-electron chi connectivity index (χ1n) is 10.7. The molecule has 6 nitrogen and oxygen atoms in total. The lowest BCUT2D eigenvalue weighted by Crippen LogP contribution is -2.39. The third kappa shape index (κ3) is 5.30. The Morgan fingerprint density at radius 1 is 1.13 bits per heavy atom. The summed E-state index contributed by atoms with van der Waals surface area (Å²) in [6, 6.07) is 6.62. The second-order valence-corrected chi connectivity index (χ2v) is 8.68. The quantitative estimate of drug-likeness (QED) is 0.734. The molecule has 162 valence electrons. The molecule has 1 aliphatic heterocycles. The molecule has 6 heteroatoms. The molecule has 1 aromatic heterocycles. The first-order valence-corrected chi connectivity index (χ1v) is 10.7. The average Bonchev–Trinajstić information content (AvgIpc) is 2.97. The first-order chi connectivity index (χ1) is 14.2.